The topological polar surface area (TPSA) is 75.6 Å². The highest BCUT2D eigenvalue weighted by Gasteiger charge is 2.50. The van der Waals surface area contributed by atoms with Crippen LogP contribution in [0.15, 0.2) is 30.3 Å². The van der Waals surface area contributed by atoms with E-state index in [1.165, 1.54) is 6.42 Å². The predicted molar refractivity (Wildman–Crippen MR) is 112 cm³/mol. The SMILES string of the molecule is CC(Cc1cc2ccccc2s1)(NC(=O)OC1C2CC3CC(C2)CC1C3)C(=O)O. The van der Waals surface area contributed by atoms with E-state index in [0.717, 1.165) is 52.5 Å². The van der Waals surface area contributed by atoms with Crippen molar-refractivity contribution in [3.8, 4) is 0 Å². The molecule has 2 N–H and O–H groups in total. The van der Waals surface area contributed by atoms with E-state index >= 15 is 0 Å². The van der Waals surface area contributed by atoms with E-state index in [1.807, 2.05) is 30.3 Å². The molecule has 4 aliphatic carbocycles. The highest BCUT2D eigenvalue weighted by atomic mass is 32.1. The number of hydrogen-bond donors (Lipinski definition) is 2. The molecule has 1 unspecified atom stereocenters. The zero-order valence-corrected chi connectivity index (χ0v) is 17.4. The van der Waals surface area contributed by atoms with Crippen LogP contribution in [-0.4, -0.2) is 28.8 Å². The van der Waals surface area contributed by atoms with Gasteiger partial charge < -0.3 is 15.2 Å². The molecule has 4 saturated carbocycles. The summed E-state index contributed by atoms with van der Waals surface area (Å²) in [6.07, 6.45) is 5.56. The van der Waals surface area contributed by atoms with Crippen LogP contribution in [0.5, 0.6) is 0 Å². The van der Waals surface area contributed by atoms with Crippen LogP contribution >= 0.6 is 11.3 Å². The minimum absolute atomic E-state index is 0.0508. The number of carbonyl (C=O) groups is 2. The van der Waals surface area contributed by atoms with Gasteiger partial charge in [0.05, 0.1) is 0 Å². The zero-order valence-electron chi connectivity index (χ0n) is 16.6. The number of amides is 1. The summed E-state index contributed by atoms with van der Waals surface area (Å²) in [4.78, 5) is 25.7. The number of aliphatic carboxylic acids is 1. The van der Waals surface area contributed by atoms with E-state index in [9.17, 15) is 14.7 Å². The number of alkyl carbamates (subject to hydrolysis) is 1. The second-order valence-corrected chi connectivity index (χ2v) is 10.7. The van der Waals surface area contributed by atoms with E-state index in [-0.39, 0.29) is 12.5 Å². The minimum Gasteiger partial charge on any atom is -0.480 e. The number of benzene rings is 1. The van der Waals surface area contributed by atoms with Crippen molar-refractivity contribution in [1.29, 1.82) is 0 Å². The van der Waals surface area contributed by atoms with Crippen molar-refractivity contribution in [2.24, 2.45) is 23.7 Å². The lowest BCUT2D eigenvalue weighted by molar-refractivity contribution is -0.144. The second kappa shape index (κ2) is 7.01. The molecule has 1 amide bonds. The predicted octanol–water partition coefficient (Wildman–Crippen LogP) is 4.84. The highest BCUT2D eigenvalue weighted by Crippen LogP contribution is 2.54. The van der Waals surface area contributed by atoms with Crippen LogP contribution in [0.25, 0.3) is 10.1 Å². The van der Waals surface area contributed by atoms with Crippen LogP contribution in [-0.2, 0) is 16.0 Å². The number of carboxylic acids is 1. The molecule has 1 aromatic carbocycles. The molecule has 4 fully saturated rings. The van der Waals surface area contributed by atoms with Crippen molar-refractivity contribution < 1.29 is 19.4 Å². The fourth-order valence-corrected chi connectivity index (χ4v) is 7.31. The third kappa shape index (κ3) is 3.52. The number of nitrogens with one attached hydrogen (secondary N) is 1. The zero-order chi connectivity index (χ0) is 20.2. The average molecular weight is 414 g/mol. The average Bonchev–Trinajstić information content (AvgIpc) is 3.05. The highest BCUT2D eigenvalue weighted by molar-refractivity contribution is 7.19. The Kier molecular flexibility index (Phi) is 4.57. The Bertz CT molecular complexity index is 892. The third-order valence-corrected chi connectivity index (χ3v) is 8.35. The van der Waals surface area contributed by atoms with Crippen LogP contribution in [0.1, 0.15) is 43.9 Å². The lowest BCUT2D eigenvalue weighted by atomic mass is 9.55. The van der Waals surface area contributed by atoms with E-state index < -0.39 is 17.6 Å². The van der Waals surface area contributed by atoms with Crippen LogP contribution in [0.2, 0.25) is 0 Å². The van der Waals surface area contributed by atoms with Crippen LogP contribution in [0.4, 0.5) is 4.79 Å². The molecule has 1 aromatic heterocycles. The molecular weight excluding hydrogens is 386 g/mol. The van der Waals surface area contributed by atoms with E-state index in [2.05, 4.69) is 5.32 Å². The molecule has 1 heterocycles. The van der Waals surface area contributed by atoms with Gasteiger partial charge in [-0.25, -0.2) is 9.59 Å². The van der Waals surface area contributed by atoms with Gasteiger partial charge in [0, 0.05) is 16.0 Å². The van der Waals surface area contributed by atoms with Gasteiger partial charge in [-0.3, -0.25) is 0 Å². The molecule has 0 spiro atoms. The molecule has 29 heavy (non-hydrogen) atoms. The first-order chi connectivity index (χ1) is 13.9. The van der Waals surface area contributed by atoms with Crippen molar-refractivity contribution >= 4 is 33.5 Å². The summed E-state index contributed by atoms with van der Waals surface area (Å²) in [7, 11) is 0. The minimum atomic E-state index is -1.40. The molecule has 1 atom stereocenters. The summed E-state index contributed by atoms with van der Waals surface area (Å²) in [5, 5.41) is 13.6. The maximum Gasteiger partial charge on any atom is 0.408 e. The van der Waals surface area contributed by atoms with Gasteiger partial charge in [0.1, 0.15) is 11.6 Å². The summed E-state index contributed by atoms with van der Waals surface area (Å²) in [6.45, 7) is 1.57. The maximum atomic E-state index is 12.7. The number of hydrogen-bond acceptors (Lipinski definition) is 4. The summed E-state index contributed by atoms with van der Waals surface area (Å²) >= 11 is 1.57. The van der Waals surface area contributed by atoms with Gasteiger partial charge in [-0.2, -0.15) is 0 Å². The number of fused-ring (bicyclic) bond motifs is 1. The number of rotatable bonds is 5. The van der Waals surface area contributed by atoms with Crippen LogP contribution < -0.4 is 5.32 Å². The van der Waals surface area contributed by atoms with Crippen molar-refractivity contribution in [2.75, 3.05) is 0 Å². The molecule has 6 heteroatoms. The van der Waals surface area contributed by atoms with Crippen molar-refractivity contribution in [3.05, 3.63) is 35.2 Å². The fourth-order valence-electron chi connectivity index (χ4n) is 6.09. The summed E-state index contributed by atoms with van der Waals surface area (Å²) in [6, 6.07) is 9.98. The number of ether oxygens (including phenoxy) is 1. The van der Waals surface area contributed by atoms with Gasteiger partial charge in [-0.1, -0.05) is 18.2 Å². The van der Waals surface area contributed by atoms with Gasteiger partial charge in [0.15, 0.2) is 0 Å². The second-order valence-electron chi connectivity index (χ2n) is 9.49. The van der Waals surface area contributed by atoms with Crippen molar-refractivity contribution in [2.45, 2.75) is 57.1 Å². The van der Waals surface area contributed by atoms with Gasteiger partial charge in [-0.05, 0) is 80.2 Å². The van der Waals surface area contributed by atoms with Gasteiger partial charge in [0.25, 0.3) is 0 Å². The van der Waals surface area contributed by atoms with Gasteiger partial charge >= 0.3 is 12.1 Å². The van der Waals surface area contributed by atoms with Gasteiger partial charge in [-0.15, -0.1) is 11.3 Å². The summed E-state index contributed by atoms with van der Waals surface area (Å²) in [5.41, 5.74) is -1.40. The molecule has 0 aliphatic heterocycles. The summed E-state index contributed by atoms with van der Waals surface area (Å²) < 4.78 is 6.98. The normalized spacial score (nSPS) is 32.1. The van der Waals surface area contributed by atoms with Crippen molar-refractivity contribution in [1.82, 2.24) is 5.32 Å². The van der Waals surface area contributed by atoms with E-state index in [1.54, 1.807) is 18.3 Å². The first-order valence-electron chi connectivity index (χ1n) is 10.6. The fraction of sp³-hybridized carbons (Fsp3) is 0.565. The molecule has 5 nitrogen and oxygen atoms in total. The first kappa shape index (κ1) is 18.9. The Balaban J connectivity index is 1.28. The van der Waals surface area contributed by atoms with Gasteiger partial charge in [0.2, 0.25) is 0 Å². The smallest absolute Gasteiger partial charge is 0.408 e. The quantitative estimate of drug-likeness (QED) is 0.736. The van der Waals surface area contributed by atoms with E-state index in [4.69, 9.17) is 4.74 Å². The van der Waals surface area contributed by atoms with Crippen LogP contribution in [0.3, 0.4) is 0 Å². The lowest BCUT2D eigenvalue weighted by Crippen LogP contribution is -2.56. The third-order valence-electron chi connectivity index (χ3n) is 7.24. The number of thiophene rings is 1. The number of carboxylic acid groups (broad SMARTS) is 1. The molecule has 4 bridgehead atoms. The molecule has 154 valence electrons. The molecule has 4 aliphatic rings. The molecular formula is C23H27NO4S. The Labute approximate surface area is 174 Å². The number of carbonyl (C=O) groups excluding carboxylic acids is 1. The molecule has 0 radical (unpaired) electrons. The Hall–Kier alpha value is -2.08. The molecule has 2 aromatic rings. The Morgan fingerprint density at radius 3 is 2.41 bits per heavy atom. The molecule has 0 saturated heterocycles. The van der Waals surface area contributed by atoms with E-state index in [0.29, 0.717) is 11.8 Å². The first-order valence-corrected chi connectivity index (χ1v) is 11.4. The lowest BCUT2D eigenvalue weighted by Gasteiger charge is -2.53. The summed E-state index contributed by atoms with van der Waals surface area (Å²) in [5.74, 6) is 1.47. The monoisotopic (exact) mass is 413 g/mol. The van der Waals surface area contributed by atoms with Crippen molar-refractivity contribution in [3.63, 3.8) is 0 Å². The Morgan fingerprint density at radius 1 is 1.14 bits per heavy atom. The standard InChI is InChI=1S/C23H27NO4S/c1-23(21(25)26,12-18-11-15-4-2-3-5-19(15)29-18)24-22(27)28-20-16-7-13-6-14(9-16)10-17(20)8-13/h2-5,11,13-14,16-17,20H,6-10,12H2,1H3,(H,24,27)(H,25,26). The largest absolute Gasteiger partial charge is 0.480 e. The maximum absolute atomic E-state index is 12.7. The van der Waals surface area contributed by atoms with Crippen LogP contribution in [0, 0.1) is 23.7 Å². The Morgan fingerprint density at radius 2 is 1.79 bits per heavy atom. The molecule has 6 rings (SSSR count).